The van der Waals surface area contributed by atoms with Gasteiger partial charge in [-0.3, -0.25) is 0 Å². The number of hydrogen-bond donors (Lipinski definition) is 2. The fourth-order valence-corrected chi connectivity index (χ4v) is 1.68. The first-order valence-corrected chi connectivity index (χ1v) is 5.01. The average molecular weight is 214 g/mol. The minimum absolute atomic E-state index is 0.694. The fraction of sp³-hybridized carbons (Fsp3) is 0.0769. The molecule has 0 spiro atoms. The molecule has 2 rings (SSSR count). The van der Waals surface area contributed by atoms with Crippen LogP contribution in [0.1, 0.15) is 0 Å². The van der Waals surface area contributed by atoms with Crippen LogP contribution in [-0.4, -0.2) is 7.11 Å². The van der Waals surface area contributed by atoms with Crippen molar-refractivity contribution in [3.8, 4) is 16.9 Å². The zero-order chi connectivity index (χ0) is 11.5. The molecule has 0 bridgehead atoms. The minimum atomic E-state index is 0.694. The molecule has 0 amide bonds. The lowest BCUT2D eigenvalue weighted by Crippen LogP contribution is -1.94. The van der Waals surface area contributed by atoms with Crippen molar-refractivity contribution in [2.24, 2.45) is 0 Å². The molecule has 2 aromatic carbocycles. The molecule has 0 radical (unpaired) electrons. The number of nitrogens with two attached hydrogens (primary N) is 2. The van der Waals surface area contributed by atoms with E-state index in [0.29, 0.717) is 11.4 Å². The summed E-state index contributed by atoms with van der Waals surface area (Å²) in [7, 11) is 1.63. The Morgan fingerprint density at radius 3 is 2.38 bits per heavy atom. The average Bonchev–Trinajstić information content (AvgIpc) is 2.29. The quantitative estimate of drug-likeness (QED) is 0.755. The van der Waals surface area contributed by atoms with Crippen molar-refractivity contribution < 1.29 is 4.74 Å². The van der Waals surface area contributed by atoms with Gasteiger partial charge in [-0.2, -0.15) is 0 Å². The highest BCUT2D eigenvalue weighted by molar-refractivity contribution is 5.82. The van der Waals surface area contributed by atoms with Crippen molar-refractivity contribution in [3.05, 3.63) is 42.5 Å². The van der Waals surface area contributed by atoms with Crippen LogP contribution in [0.15, 0.2) is 42.5 Å². The molecule has 82 valence electrons. The van der Waals surface area contributed by atoms with Gasteiger partial charge in [0.2, 0.25) is 0 Å². The van der Waals surface area contributed by atoms with Gasteiger partial charge in [0, 0.05) is 22.5 Å². The van der Waals surface area contributed by atoms with Gasteiger partial charge >= 0.3 is 0 Å². The second-order valence-corrected chi connectivity index (χ2v) is 3.55. The van der Waals surface area contributed by atoms with E-state index < -0.39 is 0 Å². The molecule has 0 saturated carbocycles. The number of benzene rings is 2. The molecule has 0 saturated heterocycles. The van der Waals surface area contributed by atoms with Crippen LogP contribution in [0.2, 0.25) is 0 Å². The monoisotopic (exact) mass is 214 g/mol. The molecule has 2 aromatic rings. The maximum atomic E-state index is 5.93. The number of anilines is 2. The van der Waals surface area contributed by atoms with Gasteiger partial charge in [0.1, 0.15) is 5.75 Å². The number of nitrogen functional groups attached to an aromatic ring is 2. The molecule has 0 aliphatic heterocycles. The molecule has 0 heterocycles. The van der Waals surface area contributed by atoms with Crippen molar-refractivity contribution in [3.63, 3.8) is 0 Å². The molecule has 0 aliphatic carbocycles. The van der Waals surface area contributed by atoms with Crippen molar-refractivity contribution in [2.75, 3.05) is 18.6 Å². The zero-order valence-corrected chi connectivity index (χ0v) is 9.10. The van der Waals surface area contributed by atoms with Crippen LogP contribution in [-0.2, 0) is 0 Å². The third-order valence-corrected chi connectivity index (χ3v) is 2.47. The Balaban J connectivity index is 2.63. The summed E-state index contributed by atoms with van der Waals surface area (Å²) < 4.78 is 5.30. The molecule has 3 nitrogen and oxygen atoms in total. The first kappa shape index (κ1) is 10.4. The first-order chi connectivity index (χ1) is 7.72. The lowest BCUT2D eigenvalue weighted by Gasteiger charge is -2.11. The number of para-hydroxylation sites is 1. The van der Waals surface area contributed by atoms with Gasteiger partial charge < -0.3 is 16.2 Å². The predicted molar refractivity (Wildman–Crippen MR) is 67.3 cm³/mol. The van der Waals surface area contributed by atoms with Crippen molar-refractivity contribution in [1.82, 2.24) is 0 Å². The number of rotatable bonds is 2. The second-order valence-electron chi connectivity index (χ2n) is 3.55. The Kier molecular flexibility index (Phi) is 2.68. The maximum Gasteiger partial charge on any atom is 0.126 e. The predicted octanol–water partition coefficient (Wildman–Crippen LogP) is 2.53. The van der Waals surface area contributed by atoms with Crippen LogP contribution >= 0.6 is 0 Å². The summed E-state index contributed by atoms with van der Waals surface area (Å²) in [6.45, 7) is 0. The van der Waals surface area contributed by atoms with Crippen molar-refractivity contribution >= 4 is 11.4 Å². The highest BCUT2D eigenvalue weighted by atomic mass is 16.5. The SMILES string of the molecule is COc1ccc(N)cc1-c1ccccc1N. The van der Waals surface area contributed by atoms with Gasteiger partial charge in [0.25, 0.3) is 0 Å². The smallest absolute Gasteiger partial charge is 0.126 e. The van der Waals surface area contributed by atoms with Crippen LogP contribution < -0.4 is 16.2 Å². The Morgan fingerprint density at radius 1 is 0.938 bits per heavy atom. The number of ether oxygens (including phenoxy) is 1. The molecular formula is C13H14N2O. The third kappa shape index (κ3) is 1.80. The molecule has 0 aromatic heterocycles. The summed E-state index contributed by atoms with van der Waals surface area (Å²) in [5, 5.41) is 0. The Labute approximate surface area is 94.6 Å². The second kappa shape index (κ2) is 4.14. The van der Waals surface area contributed by atoms with E-state index in [9.17, 15) is 0 Å². The van der Waals surface area contributed by atoms with E-state index in [2.05, 4.69) is 0 Å². The largest absolute Gasteiger partial charge is 0.496 e. The van der Waals surface area contributed by atoms with Crippen molar-refractivity contribution in [1.29, 1.82) is 0 Å². The summed E-state index contributed by atoms with van der Waals surface area (Å²) in [6, 6.07) is 13.2. The van der Waals surface area contributed by atoms with Gasteiger partial charge in [-0.15, -0.1) is 0 Å². The molecule has 0 fully saturated rings. The molecule has 3 heteroatoms. The number of hydrogen-bond acceptors (Lipinski definition) is 3. The van der Waals surface area contributed by atoms with Gasteiger partial charge in [0.15, 0.2) is 0 Å². The maximum absolute atomic E-state index is 5.93. The topological polar surface area (TPSA) is 61.3 Å². The summed E-state index contributed by atoms with van der Waals surface area (Å²) in [5.74, 6) is 0.770. The van der Waals surface area contributed by atoms with E-state index in [-0.39, 0.29) is 0 Å². The highest BCUT2D eigenvalue weighted by Crippen LogP contribution is 2.34. The molecule has 4 N–H and O–H groups in total. The van der Waals surface area contributed by atoms with Crippen LogP contribution in [0.4, 0.5) is 11.4 Å². The highest BCUT2D eigenvalue weighted by Gasteiger charge is 2.08. The third-order valence-electron chi connectivity index (χ3n) is 2.47. The summed E-state index contributed by atoms with van der Waals surface area (Å²) in [4.78, 5) is 0. The molecular weight excluding hydrogens is 200 g/mol. The summed E-state index contributed by atoms with van der Waals surface area (Å²) in [5.41, 5.74) is 15.0. The van der Waals surface area contributed by atoms with E-state index in [0.717, 1.165) is 16.9 Å². The lowest BCUT2D eigenvalue weighted by atomic mass is 10.0. The number of methoxy groups -OCH3 is 1. The van der Waals surface area contributed by atoms with Gasteiger partial charge in [0.05, 0.1) is 7.11 Å². The standard InChI is InChI=1S/C13H14N2O/c1-16-13-7-6-9(14)8-11(13)10-4-2-3-5-12(10)15/h2-8H,14-15H2,1H3. The normalized spacial score (nSPS) is 10.1. The zero-order valence-electron chi connectivity index (χ0n) is 9.10. The fourth-order valence-electron chi connectivity index (χ4n) is 1.68. The van der Waals surface area contributed by atoms with Gasteiger partial charge in [-0.25, -0.2) is 0 Å². The van der Waals surface area contributed by atoms with Crippen LogP contribution in [0.5, 0.6) is 5.75 Å². The summed E-state index contributed by atoms with van der Waals surface area (Å²) >= 11 is 0. The minimum Gasteiger partial charge on any atom is -0.496 e. The lowest BCUT2D eigenvalue weighted by molar-refractivity contribution is 0.416. The first-order valence-electron chi connectivity index (χ1n) is 5.01. The van der Waals surface area contributed by atoms with Crippen LogP contribution in [0, 0.1) is 0 Å². The molecule has 0 unspecified atom stereocenters. The van der Waals surface area contributed by atoms with Gasteiger partial charge in [-0.05, 0) is 24.3 Å². The molecule has 0 atom stereocenters. The van der Waals surface area contributed by atoms with E-state index in [1.54, 1.807) is 7.11 Å². The molecule has 16 heavy (non-hydrogen) atoms. The van der Waals surface area contributed by atoms with E-state index >= 15 is 0 Å². The Bertz CT molecular complexity index is 509. The Hall–Kier alpha value is -2.16. The van der Waals surface area contributed by atoms with Crippen molar-refractivity contribution in [2.45, 2.75) is 0 Å². The summed E-state index contributed by atoms with van der Waals surface area (Å²) in [6.07, 6.45) is 0. The Morgan fingerprint density at radius 2 is 1.69 bits per heavy atom. The van der Waals surface area contributed by atoms with Gasteiger partial charge in [-0.1, -0.05) is 18.2 Å². The molecule has 0 aliphatic rings. The van der Waals surface area contributed by atoms with Crippen LogP contribution in [0.3, 0.4) is 0 Å². The van der Waals surface area contributed by atoms with E-state index in [1.165, 1.54) is 0 Å². The van der Waals surface area contributed by atoms with E-state index in [1.807, 2.05) is 42.5 Å². The van der Waals surface area contributed by atoms with E-state index in [4.69, 9.17) is 16.2 Å². The van der Waals surface area contributed by atoms with Crippen LogP contribution in [0.25, 0.3) is 11.1 Å².